The molecule has 0 aromatic carbocycles. The Morgan fingerprint density at radius 2 is 2.00 bits per heavy atom. The molecule has 0 aromatic rings. The zero-order valence-corrected chi connectivity index (χ0v) is 12.3. The van der Waals surface area contributed by atoms with E-state index in [1.807, 2.05) is 20.0 Å². The van der Waals surface area contributed by atoms with Crippen LogP contribution < -0.4 is 10.6 Å². The topological polar surface area (TPSA) is 98.7 Å². The van der Waals surface area contributed by atoms with Crippen LogP contribution in [-0.2, 0) is 9.59 Å². The first-order valence-electron chi connectivity index (χ1n) is 6.63. The first-order chi connectivity index (χ1) is 9.41. The maximum absolute atomic E-state index is 10.9. The number of carboxylic acid groups (broad SMARTS) is 2. The van der Waals surface area contributed by atoms with Crippen LogP contribution in [0.15, 0.2) is 23.9 Å². The van der Waals surface area contributed by atoms with Crippen molar-refractivity contribution in [2.75, 3.05) is 14.1 Å². The van der Waals surface area contributed by atoms with Crippen LogP contribution >= 0.6 is 0 Å². The third kappa shape index (κ3) is 5.88. The van der Waals surface area contributed by atoms with Gasteiger partial charge in [0.05, 0.1) is 0 Å². The van der Waals surface area contributed by atoms with E-state index < -0.39 is 17.5 Å². The Hall–Kier alpha value is -1.82. The molecule has 0 aromatic heterocycles. The summed E-state index contributed by atoms with van der Waals surface area (Å²) in [6.45, 7) is 1.98. The number of rotatable bonds is 6. The fraction of sp³-hybridized carbons (Fsp3) is 0.571. The fourth-order valence-corrected chi connectivity index (χ4v) is 1.60. The van der Waals surface area contributed by atoms with E-state index in [9.17, 15) is 9.59 Å². The summed E-state index contributed by atoms with van der Waals surface area (Å²) in [5, 5.41) is 22.8. The highest BCUT2D eigenvalue weighted by Crippen LogP contribution is 2.19. The number of likely N-dealkylation sites (N-methyl/N-ethyl adjacent to an activating group) is 2. The van der Waals surface area contributed by atoms with Gasteiger partial charge in [0.15, 0.2) is 0 Å². The van der Waals surface area contributed by atoms with E-state index in [0.717, 1.165) is 18.5 Å². The van der Waals surface area contributed by atoms with Crippen LogP contribution in [0.1, 0.15) is 32.6 Å². The molecule has 114 valence electrons. The number of aliphatic carboxylic acids is 2. The monoisotopic (exact) mass is 284 g/mol. The van der Waals surface area contributed by atoms with E-state index in [4.69, 9.17) is 10.2 Å². The largest absolute Gasteiger partial charge is 0.481 e. The van der Waals surface area contributed by atoms with Crippen molar-refractivity contribution in [2.24, 2.45) is 0 Å². The third-order valence-electron chi connectivity index (χ3n) is 3.05. The van der Waals surface area contributed by atoms with Crippen molar-refractivity contribution in [3.8, 4) is 0 Å². The summed E-state index contributed by atoms with van der Waals surface area (Å²) in [7, 11) is 3.46. The molecule has 0 saturated heterocycles. The Balaban J connectivity index is 0.000000441. The Labute approximate surface area is 119 Å². The second-order valence-corrected chi connectivity index (χ2v) is 4.47. The van der Waals surface area contributed by atoms with Gasteiger partial charge in [-0.25, -0.2) is 4.79 Å². The van der Waals surface area contributed by atoms with E-state index in [1.165, 1.54) is 0 Å². The fourth-order valence-electron chi connectivity index (χ4n) is 1.60. The lowest BCUT2D eigenvalue weighted by Crippen LogP contribution is -2.49. The molecule has 0 aliphatic heterocycles. The molecule has 1 atom stereocenters. The van der Waals surface area contributed by atoms with Gasteiger partial charge >= 0.3 is 11.9 Å². The van der Waals surface area contributed by atoms with Crippen LogP contribution in [0.4, 0.5) is 0 Å². The van der Waals surface area contributed by atoms with E-state index in [-0.39, 0.29) is 0 Å². The molecule has 6 nitrogen and oxygen atoms in total. The molecule has 0 radical (unpaired) electrons. The SMILES string of the molecule is CCCCC(=O)O.CNC1=CCC(NC)(C(=O)O)C=C1. The summed E-state index contributed by atoms with van der Waals surface area (Å²) in [6.07, 6.45) is 7.85. The number of nitrogens with one attached hydrogen (secondary N) is 2. The van der Waals surface area contributed by atoms with Crippen molar-refractivity contribution in [1.82, 2.24) is 10.6 Å². The van der Waals surface area contributed by atoms with Gasteiger partial charge in [0, 0.05) is 25.6 Å². The second-order valence-electron chi connectivity index (χ2n) is 4.47. The van der Waals surface area contributed by atoms with Crippen LogP contribution in [0.25, 0.3) is 0 Å². The van der Waals surface area contributed by atoms with Gasteiger partial charge in [0.1, 0.15) is 5.54 Å². The minimum Gasteiger partial charge on any atom is -0.481 e. The minimum absolute atomic E-state index is 0.316. The number of hydrogen-bond donors (Lipinski definition) is 4. The van der Waals surface area contributed by atoms with Crippen molar-refractivity contribution >= 4 is 11.9 Å². The molecule has 4 N–H and O–H groups in total. The van der Waals surface area contributed by atoms with E-state index in [0.29, 0.717) is 12.8 Å². The molecule has 0 bridgehead atoms. The average Bonchev–Trinajstić information content (AvgIpc) is 2.45. The number of hydrogen-bond acceptors (Lipinski definition) is 4. The summed E-state index contributed by atoms with van der Waals surface area (Å²) in [5.41, 5.74) is 0.0208. The van der Waals surface area contributed by atoms with Crippen molar-refractivity contribution in [1.29, 1.82) is 0 Å². The Kier molecular flexibility index (Phi) is 8.31. The quantitative estimate of drug-likeness (QED) is 0.588. The maximum atomic E-state index is 10.9. The van der Waals surface area contributed by atoms with Crippen molar-refractivity contribution in [3.63, 3.8) is 0 Å². The zero-order chi connectivity index (χ0) is 15.6. The lowest BCUT2D eigenvalue weighted by Gasteiger charge is -2.27. The lowest BCUT2D eigenvalue weighted by molar-refractivity contribution is -0.142. The number of unbranched alkanes of at least 4 members (excludes halogenated alkanes) is 1. The van der Waals surface area contributed by atoms with Gasteiger partial charge in [-0.2, -0.15) is 0 Å². The molecule has 0 fully saturated rings. The molecule has 1 aliphatic carbocycles. The molecule has 0 spiro atoms. The van der Waals surface area contributed by atoms with Crippen LogP contribution in [0.3, 0.4) is 0 Å². The van der Waals surface area contributed by atoms with Crippen molar-refractivity contribution < 1.29 is 19.8 Å². The van der Waals surface area contributed by atoms with Crippen molar-refractivity contribution in [3.05, 3.63) is 23.9 Å². The van der Waals surface area contributed by atoms with E-state index in [1.54, 1.807) is 19.2 Å². The first-order valence-corrected chi connectivity index (χ1v) is 6.63. The molecule has 1 rings (SSSR count). The molecule has 1 aliphatic rings. The van der Waals surface area contributed by atoms with Gasteiger partial charge in [-0.1, -0.05) is 25.5 Å². The highest BCUT2D eigenvalue weighted by atomic mass is 16.4. The smallest absolute Gasteiger partial charge is 0.328 e. The van der Waals surface area contributed by atoms with Gasteiger partial charge in [-0.3, -0.25) is 4.79 Å². The normalized spacial score (nSPS) is 20.4. The highest BCUT2D eigenvalue weighted by Gasteiger charge is 2.34. The molecular weight excluding hydrogens is 260 g/mol. The Morgan fingerprint density at radius 3 is 2.25 bits per heavy atom. The number of allylic oxidation sites excluding steroid dienone is 1. The van der Waals surface area contributed by atoms with Gasteiger partial charge in [0.25, 0.3) is 0 Å². The predicted molar refractivity (Wildman–Crippen MR) is 77.5 cm³/mol. The van der Waals surface area contributed by atoms with Crippen LogP contribution in [0.2, 0.25) is 0 Å². The molecule has 0 saturated carbocycles. The standard InChI is InChI=1S/C9H14N2O2.C5H10O2/c1-10-7-3-5-9(11-2,6-4-7)8(12)13;1-2-3-4-5(6)7/h3-5,10-11H,6H2,1-2H3,(H,12,13);2-4H2,1H3,(H,6,7). The summed E-state index contributed by atoms with van der Waals surface area (Å²) in [6, 6.07) is 0. The minimum atomic E-state index is -0.930. The number of carbonyl (C=O) groups is 2. The molecule has 6 heteroatoms. The van der Waals surface area contributed by atoms with Crippen LogP contribution in [0, 0.1) is 0 Å². The van der Waals surface area contributed by atoms with Gasteiger partial charge < -0.3 is 20.8 Å². The van der Waals surface area contributed by atoms with E-state index >= 15 is 0 Å². The zero-order valence-electron chi connectivity index (χ0n) is 12.3. The maximum Gasteiger partial charge on any atom is 0.328 e. The van der Waals surface area contributed by atoms with Gasteiger partial charge in [0.2, 0.25) is 0 Å². The van der Waals surface area contributed by atoms with Crippen LogP contribution in [0.5, 0.6) is 0 Å². The lowest BCUT2D eigenvalue weighted by atomic mass is 9.90. The van der Waals surface area contributed by atoms with Gasteiger partial charge in [-0.05, 0) is 19.5 Å². The third-order valence-corrected chi connectivity index (χ3v) is 3.05. The first kappa shape index (κ1) is 18.2. The van der Waals surface area contributed by atoms with E-state index in [2.05, 4.69) is 10.6 Å². The summed E-state index contributed by atoms with van der Waals surface area (Å²) in [4.78, 5) is 20.7. The van der Waals surface area contributed by atoms with Gasteiger partial charge in [-0.15, -0.1) is 0 Å². The molecule has 1 unspecified atom stereocenters. The second kappa shape index (κ2) is 9.14. The average molecular weight is 284 g/mol. The highest BCUT2D eigenvalue weighted by molar-refractivity contribution is 5.82. The molecule has 0 heterocycles. The Morgan fingerprint density at radius 1 is 1.35 bits per heavy atom. The van der Waals surface area contributed by atoms with Crippen molar-refractivity contribution in [2.45, 2.75) is 38.1 Å². The molecule has 20 heavy (non-hydrogen) atoms. The summed E-state index contributed by atoms with van der Waals surface area (Å²) < 4.78 is 0. The number of carboxylic acids is 2. The Bertz CT molecular complexity index is 391. The molecular formula is C14H24N2O4. The molecule has 0 amide bonds. The summed E-state index contributed by atoms with van der Waals surface area (Å²) >= 11 is 0. The predicted octanol–water partition coefficient (Wildman–Crippen LogP) is 1.35. The van der Waals surface area contributed by atoms with Crippen LogP contribution in [-0.4, -0.2) is 41.8 Å². The summed E-state index contributed by atoms with van der Waals surface area (Å²) in [5.74, 6) is -1.54.